The van der Waals surface area contributed by atoms with Crippen molar-refractivity contribution in [1.82, 2.24) is 15.3 Å². The van der Waals surface area contributed by atoms with Crippen LogP contribution in [-0.4, -0.2) is 16.0 Å². The summed E-state index contributed by atoms with van der Waals surface area (Å²) in [6.07, 6.45) is 6.29. The average Bonchev–Trinajstić information content (AvgIpc) is 2.73. The lowest BCUT2D eigenvalue weighted by Gasteiger charge is -2.12. The summed E-state index contributed by atoms with van der Waals surface area (Å²) in [6.45, 7) is 5.12. The fourth-order valence-electron chi connectivity index (χ4n) is 1.67. The molecule has 2 rings (SSSR count). The summed E-state index contributed by atoms with van der Waals surface area (Å²) in [5.74, 6) is 0. The van der Waals surface area contributed by atoms with Crippen LogP contribution in [-0.2, 0) is 13.0 Å². The van der Waals surface area contributed by atoms with E-state index in [0.717, 1.165) is 18.7 Å². The quantitative estimate of drug-likeness (QED) is 0.882. The minimum Gasteiger partial charge on any atom is -0.308 e. The van der Waals surface area contributed by atoms with Gasteiger partial charge < -0.3 is 5.32 Å². The van der Waals surface area contributed by atoms with Crippen molar-refractivity contribution < 1.29 is 0 Å². The molecule has 0 bridgehead atoms. The first-order chi connectivity index (χ1) is 8.24. The van der Waals surface area contributed by atoms with Crippen LogP contribution in [0.5, 0.6) is 0 Å². The normalized spacial score (nSPS) is 12.6. The van der Waals surface area contributed by atoms with E-state index in [2.05, 4.69) is 41.3 Å². The minimum atomic E-state index is 0.454. The highest BCUT2D eigenvalue weighted by atomic mass is 32.1. The predicted molar refractivity (Wildman–Crippen MR) is 71.1 cm³/mol. The lowest BCUT2D eigenvalue weighted by atomic mass is 10.2. The van der Waals surface area contributed by atoms with Crippen LogP contribution in [0.15, 0.2) is 30.7 Å². The lowest BCUT2D eigenvalue weighted by molar-refractivity contribution is 0.542. The molecule has 1 N–H and O–H groups in total. The molecule has 90 valence electrons. The molecule has 0 aliphatic rings. The molecule has 0 aliphatic heterocycles. The summed E-state index contributed by atoms with van der Waals surface area (Å²) in [7, 11) is 0. The van der Waals surface area contributed by atoms with E-state index < -0.39 is 0 Å². The maximum absolute atomic E-state index is 4.24. The Balaban J connectivity index is 1.80. The molecule has 2 aromatic rings. The largest absolute Gasteiger partial charge is 0.308 e. The van der Waals surface area contributed by atoms with Gasteiger partial charge in [-0.3, -0.25) is 9.97 Å². The smallest absolute Gasteiger partial charge is 0.0724 e. The van der Waals surface area contributed by atoms with Crippen molar-refractivity contribution >= 4 is 11.3 Å². The van der Waals surface area contributed by atoms with Gasteiger partial charge in [-0.2, -0.15) is 0 Å². The lowest BCUT2D eigenvalue weighted by Crippen LogP contribution is -2.27. The molecule has 0 aromatic carbocycles. The van der Waals surface area contributed by atoms with Crippen LogP contribution >= 0.6 is 11.3 Å². The molecule has 2 heterocycles. The first kappa shape index (κ1) is 12.2. The first-order valence-electron chi connectivity index (χ1n) is 5.77. The Morgan fingerprint density at radius 1 is 1.35 bits per heavy atom. The van der Waals surface area contributed by atoms with Gasteiger partial charge in [-0.25, -0.2) is 0 Å². The highest BCUT2D eigenvalue weighted by Crippen LogP contribution is 2.16. The van der Waals surface area contributed by atoms with E-state index in [1.54, 1.807) is 18.6 Å². The Hall–Kier alpha value is -1.26. The van der Waals surface area contributed by atoms with Crippen LogP contribution < -0.4 is 5.32 Å². The Morgan fingerprint density at radius 2 is 2.24 bits per heavy atom. The monoisotopic (exact) mass is 247 g/mol. The van der Waals surface area contributed by atoms with Crippen molar-refractivity contribution in [3.8, 4) is 0 Å². The molecule has 0 saturated carbocycles. The zero-order valence-corrected chi connectivity index (χ0v) is 11.0. The van der Waals surface area contributed by atoms with Crippen molar-refractivity contribution in [1.29, 1.82) is 0 Å². The maximum Gasteiger partial charge on any atom is 0.0724 e. The van der Waals surface area contributed by atoms with Crippen LogP contribution in [0, 0.1) is 6.92 Å². The van der Waals surface area contributed by atoms with E-state index in [-0.39, 0.29) is 0 Å². The van der Waals surface area contributed by atoms with E-state index in [4.69, 9.17) is 0 Å². The van der Waals surface area contributed by atoms with Crippen molar-refractivity contribution in [2.45, 2.75) is 32.9 Å². The second-order valence-corrected chi connectivity index (χ2v) is 5.57. The Kier molecular flexibility index (Phi) is 4.23. The fraction of sp³-hybridized carbons (Fsp3) is 0.385. The predicted octanol–water partition coefficient (Wildman–Crippen LogP) is 2.57. The number of hydrogen-bond acceptors (Lipinski definition) is 4. The molecule has 2 aromatic heterocycles. The average molecular weight is 247 g/mol. The van der Waals surface area contributed by atoms with Gasteiger partial charge in [-0.1, -0.05) is 0 Å². The minimum absolute atomic E-state index is 0.454. The number of nitrogens with one attached hydrogen (secondary N) is 1. The van der Waals surface area contributed by atoms with Gasteiger partial charge in [0.05, 0.1) is 5.69 Å². The van der Waals surface area contributed by atoms with Crippen molar-refractivity contribution in [3.63, 3.8) is 0 Å². The SMILES string of the molecule is Cc1ccc(CC(C)NCc2cnccn2)s1. The third-order valence-corrected chi connectivity index (χ3v) is 3.57. The van der Waals surface area contributed by atoms with Gasteiger partial charge in [0.15, 0.2) is 0 Å². The molecule has 0 amide bonds. The van der Waals surface area contributed by atoms with Gasteiger partial charge in [0.1, 0.15) is 0 Å². The molecule has 0 aliphatic carbocycles. The molecule has 0 saturated heterocycles. The number of aryl methyl sites for hydroxylation is 1. The molecule has 0 spiro atoms. The Morgan fingerprint density at radius 3 is 2.88 bits per heavy atom. The zero-order chi connectivity index (χ0) is 12.1. The van der Waals surface area contributed by atoms with Crippen LogP contribution in [0.2, 0.25) is 0 Å². The maximum atomic E-state index is 4.24. The van der Waals surface area contributed by atoms with Gasteiger partial charge in [-0.05, 0) is 32.4 Å². The summed E-state index contributed by atoms with van der Waals surface area (Å²) >= 11 is 1.87. The van der Waals surface area contributed by atoms with Crippen LogP contribution in [0.3, 0.4) is 0 Å². The second-order valence-electron chi connectivity index (χ2n) is 4.20. The van der Waals surface area contributed by atoms with E-state index in [0.29, 0.717) is 6.04 Å². The first-order valence-corrected chi connectivity index (χ1v) is 6.59. The highest BCUT2D eigenvalue weighted by molar-refractivity contribution is 7.11. The third kappa shape index (κ3) is 3.91. The number of nitrogens with zero attached hydrogens (tertiary/aromatic N) is 2. The summed E-state index contributed by atoms with van der Waals surface area (Å²) < 4.78 is 0. The summed E-state index contributed by atoms with van der Waals surface area (Å²) in [5.41, 5.74) is 0.988. The molecule has 4 heteroatoms. The molecule has 1 atom stereocenters. The second kappa shape index (κ2) is 5.89. The van der Waals surface area contributed by atoms with Crippen molar-refractivity contribution in [2.75, 3.05) is 0 Å². The Labute approximate surface area is 106 Å². The Bertz CT molecular complexity index is 453. The molecule has 0 radical (unpaired) electrons. The summed E-state index contributed by atoms with van der Waals surface area (Å²) in [5, 5.41) is 3.46. The van der Waals surface area contributed by atoms with E-state index in [9.17, 15) is 0 Å². The topological polar surface area (TPSA) is 37.8 Å². The van der Waals surface area contributed by atoms with Crippen LogP contribution in [0.4, 0.5) is 0 Å². The van der Waals surface area contributed by atoms with Gasteiger partial charge in [0.2, 0.25) is 0 Å². The van der Waals surface area contributed by atoms with Gasteiger partial charge in [-0.15, -0.1) is 11.3 Å². The van der Waals surface area contributed by atoms with Gasteiger partial charge in [0, 0.05) is 40.9 Å². The van der Waals surface area contributed by atoms with Gasteiger partial charge >= 0.3 is 0 Å². The fourth-order valence-corrected chi connectivity index (χ4v) is 2.69. The van der Waals surface area contributed by atoms with E-state index in [1.165, 1.54) is 9.75 Å². The number of hydrogen-bond donors (Lipinski definition) is 1. The van der Waals surface area contributed by atoms with E-state index in [1.807, 2.05) is 11.3 Å². The molecule has 17 heavy (non-hydrogen) atoms. The molecular weight excluding hydrogens is 230 g/mol. The standard InChI is InChI=1S/C13H17N3S/c1-10(7-13-4-3-11(2)17-13)16-9-12-8-14-5-6-15-12/h3-6,8,10,16H,7,9H2,1-2H3. The molecule has 3 nitrogen and oxygen atoms in total. The van der Waals surface area contributed by atoms with Crippen molar-refractivity contribution in [2.24, 2.45) is 0 Å². The van der Waals surface area contributed by atoms with E-state index >= 15 is 0 Å². The highest BCUT2D eigenvalue weighted by Gasteiger charge is 2.05. The number of thiophene rings is 1. The number of rotatable bonds is 5. The summed E-state index contributed by atoms with van der Waals surface area (Å²) in [4.78, 5) is 11.1. The van der Waals surface area contributed by atoms with Crippen molar-refractivity contribution in [3.05, 3.63) is 46.2 Å². The zero-order valence-electron chi connectivity index (χ0n) is 10.2. The third-order valence-electron chi connectivity index (χ3n) is 2.55. The molecule has 0 fully saturated rings. The number of aromatic nitrogens is 2. The molecular formula is C13H17N3S. The molecule has 1 unspecified atom stereocenters. The summed E-state index contributed by atoms with van der Waals surface area (Å²) in [6, 6.07) is 4.84. The van der Waals surface area contributed by atoms with Crippen LogP contribution in [0.1, 0.15) is 22.4 Å². The van der Waals surface area contributed by atoms with Gasteiger partial charge in [0.25, 0.3) is 0 Å². The van der Waals surface area contributed by atoms with Crippen LogP contribution in [0.25, 0.3) is 0 Å².